The van der Waals surface area contributed by atoms with Gasteiger partial charge in [0.1, 0.15) is 0 Å². The Kier molecular flexibility index (Phi) is 1.58. The first kappa shape index (κ1) is 7.62. The number of fused-ring (bicyclic) bond motifs is 1. The molecule has 1 aliphatic heterocycles. The third kappa shape index (κ3) is 1.30. The lowest BCUT2D eigenvalue weighted by Crippen LogP contribution is -2.31. The number of allylic oxidation sites excluding steroid dienone is 3. The van der Waals surface area contributed by atoms with Crippen molar-refractivity contribution in [2.45, 2.75) is 18.9 Å². The Morgan fingerprint density at radius 1 is 1.58 bits per heavy atom. The molecule has 2 rings (SSSR count). The van der Waals surface area contributed by atoms with E-state index < -0.39 is 0 Å². The second kappa shape index (κ2) is 2.49. The van der Waals surface area contributed by atoms with E-state index in [1.165, 1.54) is 11.3 Å². The Labute approximate surface area is 72.8 Å². The van der Waals surface area contributed by atoms with E-state index in [-0.39, 0.29) is 5.54 Å². The van der Waals surface area contributed by atoms with Crippen LogP contribution in [0.5, 0.6) is 0 Å². The van der Waals surface area contributed by atoms with Crippen LogP contribution in [-0.4, -0.2) is 12.1 Å². The van der Waals surface area contributed by atoms with E-state index in [2.05, 4.69) is 17.5 Å². The van der Waals surface area contributed by atoms with Crippen LogP contribution in [0.3, 0.4) is 0 Å². The lowest BCUT2D eigenvalue weighted by molar-refractivity contribution is 0.724. The van der Waals surface area contributed by atoms with Gasteiger partial charge in [0.15, 0.2) is 0 Å². The van der Waals surface area contributed by atoms with E-state index >= 15 is 0 Å². The molecule has 1 unspecified atom stereocenters. The van der Waals surface area contributed by atoms with Gasteiger partial charge in [0.05, 0.1) is 5.54 Å². The van der Waals surface area contributed by atoms with Crippen molar-refractivity contribution in [1.29, 1.82) is 0 Å². The van der Waals surface area contributed by atoms with Gasteiger partial charge >= 0.3 is 0 Å². The largest absolute Gasteiger partial charge is 0.385 e. The molecule has 2 nitrogen and oxygen atoms in total. The van der Waals surface area contributed by atoms with Crippen LogP contribution in [0.15, 0.2) is 35.6 Å². The van der Waals surface area contributed by atoms with Gasteiger partial charge in [0, 0.05) is 12.2 Å². The zero-order valence-corrected chi connectivity index (χ0v) is 7.30. The second-order valence-corrected chi connectivity index (χ2v) is 3.65. The van der Waals surface area contributed by atoms with Crippen LogP contribution in [0.2, 0.25) is 0 Å². The molecule has 64 valence electrons. The van der Waals surface area contributed by atoms with Gasteiger partial charge in [-0.3, -0.25) is 0 Å². The van der Waals surface area contributed by atoms with Gasteiger partial charge in [-0.15, -0.1) is 0 Å². The molecule has 0 bridgehead atoms. The lowest BCUT2D eigenvalue weighted by Gasteiger charge is -2.15. The predicted octanol–water partition coefficient (Wildman–Crippen LogP) is 1.08. The Hall–Kier alpha value is -1.02. The zero-order valence-electron chi connectivity index (χ0n) is 7.30. The summed E-state index contributed by atoms with van der Waals surface area (Å²) in [5.41, 5.74) is 8.28. The fraction of sp³-hybridized carbons (Fsp3) is 0.400. The number of hydrogen-bond donors (Lipinski definition) is 2. The van der Waals surface area contributed by atoms with Gasteiger partial charge in [0.25, 0.3) is 0 Å². The fourth-order valence-electron chi connectivity index (χ4n) is 1.63. The molecule has 3 N–H and O–H groups in total. The first-order valence-corrected chi connectivity index (χ1v) is 4.32. The first-order valence-electron chi connectivity index (χ1n) is 4.32. The molecule has 0 spiro atoms. The molecule has 0 radical (unpaired) electrons. The molecular weight excluding hydrogens is 148 g/mol. The molecule has 1 aliphatic carbocycles. The maximum absolute atomic E-state index is 6.00. The number of rotatable bonds is 0. The van der Waals surface area contributed by atoms with Crippen LogP contribution < -0.4 is 11.1 Å². The van der Waals surface area contributed by atoms with Crippen molar-refractivity contribution >= 4 is 0 Å². The highest BCUT2D eigenvalue weighted by Crippen LogP contribution is 2.23. The van der Waals surface area contributed by atoms with E-state index in [1.54, 1.807) is 0 Å². The molecule has 1 saturated heterocycles. The average molecular weight is 162 g/mol. The Morgan fingerprint density at radius 3 is 3.25 bits per heavy atom. The number of nitrogens with two attached hydrogens (primary N) is 1. The highest BCUT2D eigenvalue weighted by atomic mass is 14.9. The summed E-state index contributed by atoms with van der Waals surface area (Å²) in [6.07, 6.45) is 9.42. The number of hydrogen-bond acceptors (Lipinski definition) is 2. The van der Waals surface area contributed by atoms with Crippen LogP contribution in [0.4, 0.5) is 0 Å². The van der Waals surface area contributed by atoms with Crippen molar-refractivity contribution < 1.29 is 0 Å². The summed E-state index contributed by atoms with van der Waals surface area (Å²) >= 11 is 0. The first-order chi connectivity index (χ1) is 5.67. The smallest absolute Gasteiger partial charge is 0.0522 e. The molecule has 1 atom stereocenters. The van der Waals surface area contributed by atoms with Gasteiger partial charge in [-0.25, -0.2) is 0 Å². The molecule has 1 fully saturated rings. The van der Waals surface area contributed by atoms with Gasteiger partial charge in [-0.1, -0.05) is 18.2 Å². The SMILES string of the molecule is CC1(N)C=CC=C2CCNC2=C1. The van der Waals surface area contributed by atoms with Crippen LogP contribution in [-0.2, 0) is 0 Å². The third-order valence-electron chi connectivity index (χ3n) is 2.26. The summed E-state index contributed by atoms with van der Waals surface area (Å²) in [6, 6.07) is 0. The second-order valence-electron chi connectivity index (χ2n) is 3.65. The maximum Gasteiger partial charge on any atom is 0.0522 e. The van der Waals surface area contributed by atoms with Crippen molar-refractivity contribution in [2.24, 2.45) is 5.73 Å². The normalized spacial score (nSPS) is 33.2. The molecule has 0 aromatic carbocycles. The van der Waals surface area contributed by atoms with Crippen molar-refractivity contribution in [3.05, 3.63) is 35.6 Å². The third-order valence-corrected chi connectivity index (χ3v) is 2.26. The highest BCUT2D eigenvalue weighted by molar-refractivity contribution is 5.42. The average Bonchev–Trinajstić information content (AvgIpc) is 2.31. The van der Waals surface area contributed by atoms with Gasteiger partial charge in [-0.2, -0.15) is 0 Å². The quantitative estimate of drug-likeness (QED) is 0.559. The topological polar surface area (TPSA) is 38.0 Å². The Morgan fingerprint density at radius 2 is 2.42 bits per heavy atom. The molecule has 2 heteroatoms. The summed E-state index contributed by atoms with van der Waals surface area (Å²) in [6.45, 7) is 3.05. The molecule has 12 heavy (non-hydrogen) atoms. The van der Waals surface area contributed by atoms with E-state index in [4.69, 9.17) is 5.73 Å². The van der Waals surface area contributed by atoms with Crippen LogP contribution in [0.25, 0.3) is 0 Å². The minimum Gasteiger partial charge on any atom is -0.385 e. The van der Waals surface area contributed by atoms with Gasteiger partial charge < -0.3 is 11.1 Å². The van der Waals surface area contributed by atoms with Crippen LogP contribution in [0, 0.1) is 0 Å². The molecule has 0 aromatic rings. The molecule has 1 heterocycles. The van der Waals surface area contributed by atoms with E-state index in [1.807, 2.05) is 19.1 Å². The summed E-state index contributed by atoms with van der Waals surface area (Å²) in [7, 11) is 0. The Bertz CT molecular complexity index is 282. The van der Waals surface area contributed by atoms with Crippen LogP contribution >= 0.6 is 0 Å². The Balaban J connectivity index is 2.40. The molecule has 0 aromatic heterocycles. The summed E-state index contributed by atoms with van der Waals surface area (Å²) in [5.74, 6) is 0. The van der Waals surface area contributed by atoms with E-state index in [0.717, 1.165) is 13.0 Å². The van der Waals surface area contributed by atoms with Crippen molar-refractivity contribution in [3.8, 4) is 0 Å². The summed E-state index contributed by atoms with van der Waals surface area (Å²) in [4.78, 5) is 0. The molecule has 0 saturated carbocycles. The van der Waals surface area contributed by atoms with Crippen molar-refractivity contribution in [1.82, 2.24) is 5.32 Å². The standard InChI is InChI=1S/C10H14N2/c1-10(11)5-2-3-8-4-6-12-9(8)7-10/h2-3,5,7,12H,4,6,11H2,1H3. The molecule has 2 aliphatic rings. The predicted molar refractivity (Wildman–Crippen MR) is 50.5 cm³/mol. The van der Waals surface area contributed by atoms with Gasteiger partial charge in [-0.05, 0) is 25.0 Å². The fourth-order valence-corrected chi connectivity index (χ4v) is 1.63. The summed E-state index contributed by atoms with van der Waals surface area (Å²) < 4.78 is 0. The van der Waals surface area contributed by atoms with Crippen molar-refractivity contribution in [2.75, 3.05) is 6.54 Å². The zero-order chi connectivity index (χ0) is 8.60. The summed E-state index contributed by atoms with van der Waals surface area (Å²) in [5, 5.41) is 3.33. The minimum absolute atomic E-state index is 0.301. The van der Waals surface area contributed by atoms with E-state index in [9.17, 15) is 0 Å². The molecule has 0 amide bonds. The minimum atomic E-state index is -0.301. The molecular formula is C10H14N2. The number of nitrogens with one attached hydrogen (secondary N) is 1. The lowest BCUT2D eigenvalue weighted by atomic mass is 10.0. The van der Waals surface area contributed by atoms with Crippen molar-refractivity contribution in [3.63, 3.8) is 0 Å². The van der Waals surface area contributed by atoms with E-state index in [0.29, 0.717) is 0 Å². The van der Waals surface area contributed by atoms with Gasteiger partial charge in [0.2, 0.25) is 0 Å². The maximum atomic E-state index is 6.00. The van der Waals surface area contributed by atoms with Crippen LogP contribution in [0.1, 0.15) is 13.3 Å². The monoisotopic (exact) mass is 162 g/mol. The highest BCUT2D eigenvalue weighted by Gasteiger charge is 2.19.